The number of benzene rings is 1. The van der Waals surface area contributed by atoms with Gasteiger partial charge in [0.25, 0.3) is 0 Å². The fourth-order valence-electron chi connectivity index (χ4n) is 1.59. The molecule has 0 bridgehead atoms. The Morgan fingerprint density at radius 2 is 1.87 bits per heavy atom. The summed E-state index contributed by atoms with van der Waals surface area (Å²) in [5.74, 6) is 0. The molecule has 3 N–H and O–H groups in total. The van der Waals surface area contributed by atoms with Gasteiger partial charge in [-0.3, -0.25) is 0 Å². The topological polar surface area (TPSA) is 46.2 Å². The van der Waals surface area contributed by atoms with Crippen LogP contribution in [-0.4, -0.2) is 11.7 Å². The van der Waals surface area contributed by atoms with E-state index in [4.69, 9.17) is 5.73 Å². The number of hydrogen-bond donors (Lipinski definition) is 2. The van der Waals surface area contributed by atoms with Crippen LogP contribution >= 0.6 is 11.3 Å². The van der Waals surface area contributed by atoms with Crippen LogP contribution in [0.15, 0.2) is 47.8 Å². The van der Waals surface area contributed by atoms with Gasteiger partial charge in [-0.15, -0.1) is 11.3 Å². The summed E-state index contributed by atoms with van der Waals surface area (Å²) in [6, 6.07) is 13.4. The Kier molecular flexibility index (Phi) is 2.86. The van der Waals surface area contributed by atoms with Crippen LogP contribution < -0.4 is 5.73 Å². The van der Waals surface area contributed by atoms with Crippen LogP contribution in [0.3, 0.4) is 0 Å². The molecule has 0 radical (unpaired) electrons. The Bertz CT molecular complexity index is 412. The second-order valence-corrected chi connectivity index (χ2v) is 4.36. The predicted molar refractivity (Wildman–Crippen MR) is 62.8 cm³/mol. The Balaban J connectivity index is 2.47. The highest BCUT2D eigenvalue weighted by molar-refractivity contribution is 7.10. The van der Waals surface area contributed by atoms with Crippen molar-refractivity contribution in [2.24, 2.45) is 5.73 Å². The highest BCUT2D eigenvalue weighted by Gasteiger charge is 2.30. The van der Waals surface area contributed by atoms with Gasteiger partial charge in [-0.1, -0.05) is 36.4 Å². The first-order valence-corrected chi connectivity index (χ1v) is 5.67. The molecule has 1 heterocycles. The van der Waals surface area contributed by atoms with Crippen LogP contribution in [0.4, 0.5) is 0 Å². The fraction of sp³-hybridized carbons (Fsp3) is 0.167. The van der Waals surface area contributed by atoms with Gasteiger partial charge in [0, 0.05) is 11.4 Å². The van der Waals surface area contributed by atoms with Gasteiger partial charge in [0.1, 0.15) is 5.60 Å². The predicted octanol–water partition coefficient (Wildman–Crippen LogP) is 1.94. The molecule has 0 amide bonds. The van der Waals surface area contributed by atoms with E-state index < -0.39 is 5.60 Å². The van der Waals surface area contributed by atoms with Crippen molar-refractivity contribution in [3.8, 4) is 0 Å². The van der Waals surface area contributed by atoms with Crippen molar-refractivity contribution in [3.63, 3.8) is 0 Å². The Morgan fingerprint density at radius 3 is 2.40 bits per heavy atom. The molecule has 0 aliphatic carbocycles. The molecule has 15 heavy (non-hydrogen) atoms. The van der Waals surface area contributed by atoms with Gasteiger partial charge in [-0.25, -0.2) is 0 Å². The second kappa shape index (κ2) is 4.14. The number of aliphatic hydroxyl groups is 1. The van der Waals surface area contributed by atoms with Crippen LogP contribution in [0.2, 0.25) is 0 Å². The lowest BCUT2D eigenvalue weighted by Crippen LogP contribution is -2.35. The molecule has 0 aliphatic rings. The van der Waals surface area contributed by atoms with Crippen molar-refractivity contribution >= 4 is 11.3 Å². The molecule has 2 rings (SSSR count). The van der Waals surface area contributed by atoms with Gasteiger partial charge >= 0.3 is 0 Å². The van der Waals surface area contributed by atoms with E-state index >= 15 is 0 Å². The van der Waals surface area contributed by atoms with E-state index in [0.717, 1.165) is 10.4 Å². The summed E-state index contributed by atoms with van der Waals surface area (Å²) in [6.07, 6.45) is 0. The van der Waals surface area contributed by atoms with Crippen LogP contribution in [0.1, 0.15) is 10.4 Å². The van der Waals surface area contributed by atoms with Gasteiger partial charge in [-0.05, 0) is 17.0 Å². The molecule has 0 saturated heterocycles. The van der Waals surface area contributed by atoms with Gasteiger partial charge in [0.2, 0.25) is 0 Å². The van der Waals surface area contributed by atoms with E-state index in [9.17, 15) is 5.11 Å². The van der Waals surface area contributed by atoms with Gasteiger partial charge in [0.15, 0.2) is 0 Å². The van der Waals surface area contributed by atoms with Crippen molar-refractivity contribution in [2.45, 2.75) is 5.60 Å². The quantitative estimate of drug-likeness (QED) is 0.828. The molecule has 2 nitrogen and oxygen atoms in total. The molecule has 78 valence electrons. The van der Waals surface area contributed by atoms with Gasteiger partial charge < -0.3 is 10.8 Å². The first kappa shape index (κ1) is 10.4. The molecular formula is C12H13NOS. The van der Waals surface area contributed by atoms with Crippen LogP contribution in [0.5, 0.6) is 0 Å². The summed E-state index contributed by atoms with van der Waals surface area (Å²) in [4.78, 5) is 0.885. The highest BCUT2D eigenvalue weighted by Crippen LogP contribution is 2.31. The molecule has 0 spiro atoms. The first-order chi connectivity index (χ1) is 7.27. The molecular weight excluding hydrogens is 206 g/mol. The smallest absolute Gasteiger partial charge is 0.136 e. The first-order valence-electron chi connectivity index (χ1n) is 4.79. The summed E-state index contributed by atoms with van der Waals surface area (Å²) >= 11 is 1.52. The van der Waals surface area contributed by atoms with Crippen LogP contribution in [0, 0.1) is 0 Å². The summed E-state index contributed by atoms with van der Waals surface area (Å²) < 4.78 is 0. The van der Waals surface area contributed by atoms with Crippen LogP contribution in [0.25, 0.3) is 0 Å². The summed E-state index contributed by atoms with van der Waals surface area (Å²) in [6.45, 7) is 0.192. The molecule has 2 aromatic rings. The normalized spacial score (nSPS) is 14.8. The third kappa shape index (κ3) is 1.81. The van der Waals surface area contributed by atoms with E-state index in [1.54, 1.807) is 0 Å². The Morgan fingerprint density at radius 1 is 1.13 bits per heavy atom. The zero-order chi connectivity index (χ0) is 10.7. The largest absolute Gasteiger partial charge is 0.378 e. The molecule has 1 unspecified atom stereocenters. The third-order valence-electron chi connectivity index (χ3n) is 2.48. The molecule has 0 saturated carbocycles. The zero-order valence-electron chi connectivity index (χ0n) is 8.26. The Hall–Kier alpha value is -1.16. The van der Waals surface area contributed by atoms with Crippen molar-refractivity contribution in [3.05, 3.63) is 58.3 Å². The molecule has 1 atom stereocenters. The van der Waals surface area contributed by atoms with E-state index in [-0.39, 0.29) is 6.54 Å². The number of rotatable bonds is 3. The minimum absolute atomic E-state index is 0.192. The second-order valence-electron chi connectivity index (χ2n) is 3.41. The lowest BCUT2D eigenvalue weighted by atomic mass is 9.92. The minimum Gasteiger partial charge on any atom is -0.378 e. The number of thiophene rings is 1. The number of hydrogen-bond acceptors (Lipinski definition) is 3. The average Bonchev–Trinajstić information content (AvgIpc) is 2.83. The van der Waals surface area contributed by atoms with Gasteiger partial charge in [-0.2, -0.15) is 0 Å². The van der Waals surface area contributed by atoms with Crippen molar-refractivity contribution < 1.29 is 5.11 Å². The number of nitrogens with two attached hydrogens (primary N) is 1. The van der Waals surface area contributed by atoms with E-state index in [0.29, 0.717) is 0 Å². The van der Waals surface area contributed by atoms with E-state index in [2.05, 4.69) is 0 Å². The van der Waals surface area contributed by atoms with E-state index in [1.165, 1.54) is 11.3 Å². The maximum atomic E-state index is 10.5. The summed E-state index contributed by atoms with van der Waals surface area (Å²) in [5, 5.41) is 12.5. The van der Waals surface area contributed by atoms with Crippen LogP contribution in [-0.2, 0) is 5.60 Å². The van der Waals surface area contributed by atoms with Crippen molar-refractivity contribution in [2.75, 3.05) is 6.54 Å². The monoisotopic (exact) mass is 219 g/mol. The minimum atomic E-state index is -1.05. The summed E-state index contributed by atoms with van der Waals surface area (Å²) in [5.41, 5.74) is 5.48. The van der Waals surface area contributed by atoms with Crippen molar-refractivity contribution in [1.29, 1.82) is 0 Å². The molecule has 1 aromatic carbocycles. The highest BCUT2D eigenvalue weighted by atomic mass is 32.1. The molecule has 0 aliphatic heterocycles. The fourth-order valence-corrected chi connectivity index (χ4v) is 2.45. The van der Waals surface area contributed by atoms with Gasteiger partial charge in [0.05, 0.1) is 0 Å². The van der Waals surface area contributed by atoms with Crippen molar-refractivity contribution in [1.82, 2.24) is 0 Å². The molecule has 0 fully saturated rings. The maximum absolute atomic E-state index is 10.5. The average molecular weight is 219 g/mol. The van der Waals surface area contributed by atoms with E-state index in [1.807, 2.05) is 47.8 Å². The SMILES string of the molecule is NCC(O)(c1ccccc1)c1cccs1. The molecule has 1 aromatic heterocycles. The molecule has 3 heteroatoms. The lowest BCUT2D eigenvalue weighted by molar-refractivity contribution is 0.0941. The summed E-state index contributed by atoms with van der Waals surface area (Å²) in [7, 11) is 0. The lowest BCUT2D eigenvalue weighted by Gasteiger charge is -2.25. The maximum Gasteiger partial charge on any atom is 0.136 e. The Labute approximate surface area is 93.0 Å². The third-order valence-corrected chi connectivity index (χ3v) is 3.50. The zero-order valence-corrected chi connectivity index (χ0v) is 9.08. The standard InChI is InChI=1S/C12H13NOS/c13-9-12(14,11-7-4-8-15-11)10-5-2-1-3-6-10/h1-8,14H,9,13H2.